The van der Waals surface area contributed by atoms with Crippen molar-refractivity contribution in [3.63, 3.8) is 0 Å². The lowest BCUT2D eigenvalue weighted by atomic mass is 10.2. The van der Waals surface area contributed by atoms with Gasteiger partial charge in [-0.2, -0.15) is 0 Å². The monoisotopic (exact) mass is 258 g/mol. The van der Waals surface area contributed by atoms with Gasteiger partial charge in [0.2, 0.25) is 0 Å². The molecular weight excluding hydrogens is 244 g/mol. The molecule has 0 saturated heterocycles. The van der Waals surface area contributed by atoms with Crippen LogP contribution in [-0.4, -0.2) is 37.4 Å². The Morgan fingerprint density at radius 3 is 2.82 bits per heavy atom. The summed E-state index contributed by atoms with van der Waals surface area (Å²) < 4.78 is 5.00. The van der Waals surface area contributed by atoms with Crippen molar-refractivity contribution in [2.24, 2.45) is 0 Å². The topological polar surface area (TPSA) is 84.6 Å². The minimum atomic E-state index is -0.258. The third kappa shape index (κ3) is 5.04. The predicted octanol–water partition coefficient (Wildman–Crippen LogP) is 0.661. The molecule has 0 heterocycles. The highest BCUT2D eigenvalue weighted by atomic mass is 35.5. The van der Waals surface area contributed by atoms with Crippen LogP contribution in [0, 0.1) is 0 Å². The van der Waals surface area contributed by atoms with Crippen molar-refractivity contribution in [3.8, 4) is 0 Å². The normalized spacial score (nSPS) is 10.2. The first-order valence-electron chi connectivity index (χ1n) is 5.16. The molecule has 0 aliphatic heterocycles. The third-order valence-electron chi connectivity index (χ3n) is 1.95. The Morgan fingerprint density at radius 2 is 2.18 bits per heavy atom. The number of benzene rings is 1. The molecule has 0 aliphatic carbocycles. The van der Waals surface area contributed by atoms with Crippen LogP contribution in [0.1, 0.15) is 10.4 Å². The molecule has 1 amide bonds. The van der Waals surface area contributed by atoms with E-state index >= 15 is 0 Å². The Bertz CT molecular complexity index is 365. The van der Waals surface area contributed by atoms with E-state index < -0.39 is 0 Å². The molecule has 6 heteroatoms. The van der Waals surface area contributed by atoms with Gasteiger partial charge < -0.3 is 20.9 Å². The van der Waals surface area contributed by atoms with E-state index in [2.05, 4.69) is 5.32 Å². The Balaban J connectivity index is 2.41. The van der Waals surface area contributed by atoms with Crippen LogP contribution in [0.5, 0.6) is 0 Å². The lowest BCUT2D eigenvalue weighted by Gasteiger charge is -2.06. The molecule has 5 nitrogen and oxygen atoms in total. The van der Waals surface area contributed by atoms with Gasteiger partial charge in [0.25, 0.3) is 5.91 Å². The highest BCUT2D eigenvalue weighted by molar-refractivity contribution is 6.31. The zero-order chi connectivity index (χ0) is 12.7. The molecule has 1 rings (SSSR count). The molecule has 17 heavy (non-hydrogen) atoms. The maximum Gasteiger partial charge on any atom is 0.251 e. The first-order chi connectivity index (χ1) is 8.13. The van der Waals surface area contributed by atoms with E-state index in [1.54, 1.807) is 18.2 Å². The van der Waals surface area contributed by atoms with Crippen molar-refractivity contribution in [3.05, 3.63) is 28.8 Å². The molecule has 0 atom stereocenters. The van der Waals surface area contributed by atoms with Gasteiger partial charge in [-0.3, -0.25) is 4.79 Å². The highest BCUT2D eigenvalue weighted by Gasteiger charge is 2.06. The van der Waals surface area contributed by atoms with Crippen LogP contribution in [0.2, 0.25) is 5.02 Å². The number of aliphatic hydroxyl groups excluding tert-OH is 1. The largest absolute Gasteiger partial charge is 0.399 e. The van der Waals surface area contributed by atoms with Gasteiger partial charge in [-0.1, -0.05) is 11.6 Å². The molecule has 0 unspecified atom stereocenters. The number of carbonyl (C=O) groups is 1. The van der Waals surface area contributed by atoms with Crippen LogP contribution in [0.25, 0.3) is 0 Å². The molecule has 0 fully saturated rings. The van der Waals surface area contributed by atoms with Gasteiger partial charge in [0.05, 0.1) is 19.8 Å². The maximum atomic E-state index is 11.7. The SMILES string of the molecule is Nc1cc(Cl)cc(C(=O)NCCOCCO)c1. The summed E-state index contributed by atoms with van der Waals surface area (Å²) in [5.74, 6) is -0.258. The molecular formula is C11H15ClN2O3. The minimum Gasteiger partial charge on any atom is -0.399 e. The highest BCUT2D eigenvalue weighted by Crippen LogP contribution is 2.16. The number of hydrogen-bond acceptors (Lipinski definition) is 4. The van der Waals surface area contributed by atoms with Crippen LogP contribution in [0.3, 0.4) is 0 Å². The average Bonchev–Trinajstić information content (AvgIpc) is 2.27. The van der Waals surface area contributed by atoms with Crippen molar-refractivity contribution in [2.75, 3.05) is 32.1 Å². The van der Waals surface area contributed by atoms with Crippen molar-refractivity contribution in [1.29, 1.82) is 0 Å². The lowest BCUT2D eigenvalue weighted by Crippen LogP contribution is -2.27. The number of aliphatic hydroxyl groups is 1. The number of amides is 1. The quantitative estimate of drug-likeness (QED) is 0.517. The van der Waals surface area contributed by atoms with E-state index in [1.165, 1.54) is 0 Å². The van der Waals surface area contributed by atoms with Crippen molar-refractivity contribution in [2.45, 2.75) is 0 Å². The average molecular weight is 259 g/mol. The number of ether oxygens (including phenoxy) is 1. The summed E-state index contributed by atoms with van der Waals surface area (Å²) in [6, 6.07) is 4.67. The van der Waals surface area contributed by atoms with E-state index in [9.17, 15) is 4.79 Å². The van der Waals surface area contributed by atoms with Crippen LogP contribution in [0.15, 0.2) is 18.2 Å². The number of halogens is 1. The van der Waals surface area contributed by atoms with Gasteiger partial charge in [-0.25, -0.2) is 0 Å². The number of nitrogens with one attached hydrogen (secondary N) is 1. The Kier molecular flexibility index (Phi) is 5.76. The summed E-state index contributed by atoms with van der Waals surface area (Å²) in [5, 5.41) is 11.5. The molecule has 4 N–H and O–H groups in total. The van der Waals surface area contributed by atoms with Crippen molar-refractivity contribution < 1.29 is 14.6 Å². The number of nitrogen functional groups attached to an aromatic ring is 1. The predicted molar refractivity (Wildman–Crippen MR) is 66.1 cm³/mol. The van der Waals surface area contributed by atoms with E-state index in [4.69, 9.17) is 27.2 Å². The molecule has 0 bridgehead atoms. The summed E-state index contributed by atoms with van der Waals surface area (Å²) in [7, 11) is 0. The fraction of sp³-hybridized carbons (Fsp3) is 0.364. The van der Waals surface area contributed by atoms with Crippen molar-refractivity contribution >= 4 is 23.2 Å². The van der Waals surface area contributed by atoms with Crippen LogP contribution in [-0.2, 0) is 4.74 Å². The van der Waals surface area contributed by atoms with Gasteiger partial charge in [-0.15, -0.1) is 0 Å². The van der Waals surface area contributed by atoms with Crippen LogP contribution < -0.4 is 11.1 Å². The van der Waals surface area contributed by atoms with E-state index in [0.29, 0.717) is 29.4 Å². The number of carbonyl (C=O) groups excluding carboxylic acids is 1. The summed E-state index contributed by atoms with van der Waals surface area (Å²) in [5.41, 5.74) is 6.43. The number of rotatable bonds is 6. The fourth-order valence-electron chi connectivity index (χ4n) is 1.25. The summed E-state index contributed by atoms with van der Waals surface area (Å²) in [6.45, 7) is 0.951. The van der Waals surface area contributed by atoms with E-state index in [0.717, 1.165) is 0 Å². The minimum absolute atomic E-state index is 0.0290. The van der Waals surface area contributed by atoms with Gasteiger partial charge in [0.1, 0.15) is 0 Å². The molecule has 0 radical (unpaired) electrons. The summed E-state index contributed by atoms with van der Waals surface area (Å²) in [6.07, 6.45) is 0. The fourth-order valence-corrected chi connectivity index (χ4v) is 1.49. The Morgan fingerprint density at radius 1 is 1.41 bits per heavy atom. The lowest BCUT2D eigenvalue weighted by molar-refractivity contribution is 0.0838. The third-order valence-corrected chi connectivity index (χ3v) is 2.17. The standard InChI is InChI=1S/C11H15ClN2O3/c12-9-5-8(6-10(13)7-9)11(16)14-1-3-17-4-2-15/h5-7,15H,1-4,13H2,(H,14,16). The van der Waals surface area contributed by atoms with Crippen LogP contribution >= 0.6 is 11.6 Å². The van der Waals surface area contributed by atoms with E-state index in [-0.39, 0.29) is 19.1 Å². The molecule has 1 aromatic carbocycles. The molecule has 0 saturated carbocycles. The molecule has 1 aromatic rings. The van der Waals surface area contributed by atoms with Gasteiger partial charge >= 0.3 is 0 Å². The van der Waals surface area contributed by atoms with E-state index in [1.807, 2.05) is 0 Å². The first-order valence-corrected chi connectivity index (χ1v) is 5.54. The van der Waals surface area contributed by atoms with Gasteiger partial charge in [-0.05, 0) is 18.2 Å². The number of nitrogens with two attached hydrogens (primary N) is 1. The second-order valence-electron chi connectivity index (χ2n) is 3.37. The number of anilines is 1. The molecule has 0 aliphatic rings. The first kappa shape index (κ1) is 13.8. The molecule has 0 spiro atoms. The molecule has 94 valence electrons. The van der Waals surface area contributed by atoms with Gasteiger partial charge in [0, 0.05) is 22.8 Å². The number of hydrogen-bond donors (Lipinski definition) is 3. The zero-order valence-electron chi connectivity index (χ0n) is 9.28. The summed E-state index contributed by atoms with van der Waals surface area (Å²) in [4.78, 5) is 11.7. The van der Waals surface area contributed by atoms with Gasteiger partial charge in [0.15, 0.2) is 0 Å². The summed E-state index contributed by atoms with van der Waals surface area (Å²) >= 11 is 5.78. The molecule has 0 aromatic heterocycles. The Hall–Kier alpha value is -1.30. The second-order valence-corrected chi connectivity index (χ2v) is 3.80. The second kappa shape index (κ2) is 7.11. The van der Waals surface area contributed by atoms with Crippen LogP contribution in [0.4, 0.5) is 5.69 Å². The van der Waals surface area contributed by atoms with Crippen molar-refractivity contribution in [1.82, 2.24) is 5.32 Å². The Labute approximate surface area is 105 Å². The zero-order valence-corrected chi connectivity index (χ0v) is 10.0. The maximum absolute atomic E-state index is 11.7. The smallest absolute Gasteiger partial charge is 0.251 e.